The fourth-order valence-corrected chi connectivity index (χ4v) is 5.75. The summed E-state index contributed by atoms with van der Waals surface area (Å²) in [5.74, 6) is 1.28. The highest BCUT2D eigenvalue weighted by Gasteiger charge is 2.33. The molecular weight excluding hydrogens is 424 g/mol. The number of nitrogens with zero attached hydrogens (tertiary/aromatic N) is 3. The summed E-state index contributed by atoms with van der Waals surface area (Å²) in [4.78, 5) is 18.6. The molecule has 1 atom stereocenters. The topological polar surface area (TPSA) is 105 Å². The smallest absolute Gasteiger partial charge is 0.233 e. The number of amides is 1. The number of ether oxygens (including phenoxy) is 1. The highest BCUT2D eigenvalue weighted by molar-refractivity contribution is 7.99. The minimum absolute atomic E-state index is 0.0383. The maximum atomic E-state index is 12.6. The van der Waals surface area contributed by atoms with Crippen molar-refractivity contribution in [3.8, 4) is 17.1 Å². The van der Waals surface area contributed by atoms with E-state index in [1.54, 1.807) is 30.2 Å². The number of aromatic nitrogens is 3. The van der Waals surface area contributed by atoms with E-state index in [1.807, 2.05) is 6.92 Å². The first-order valence-corrected chi connectivity index (χ1v) is 11.9. The van der Waals surface area contributed by atoms with Crippen molar-refractivity contribution in [2.45, 2.75) is 24.5 Å². The number of rotatable bonds is 7. The van der Waals surface area contributed by atoms with E-state index in [0.717, 1.165) is 0 Å². The van der Waals surface area contributed by atoms with Crippen LogP contribution < -0.4 is 4.74 Å². The van der Waals surface area contributed by atoms with Gasteiger partial charge in [-0.1, -0.05) is 23.4 Å². The second kappa shape index (κ2) is 8.71. The third kappa shape index (κ3) is 4.79. The van der Waals surface area contributed by atoms with Gasteiger partial charge >= 0.3 is 0 Å². The average Bonchev–Trinajstić information content (AvgIpc) is 3.27. The van der Waals surface area contributed by atoms with E-state index in [4.69, 9.17) is 16.3 Å². The molecule has 1 aliphatic heterocycles. The van der Waals surface area contributed by atoms with E-state index in [1.165, 1.54) is 11.8 Å². The molecular formula is C17H21ClN4O4S2. The molecule has 152 valence electrons. The molecule has 0 spiro atoms. The van der Waals surface area contributed by atoms with Crippen LogP contribution in [0.3, 0.4) is 0 Å². The lowest BCUT2D eigenvalue weighted by atomic mass is 10.2. The quantitative estimate of drug-likeness (QED) is 0.653. The zero-order valence-electron chi connectivity index (χ0n) is 15.5. The van der Waals surface area contributed by atoms with Gasteiger partial charge < -0.3 is 9.64 Å². The Morgan fingerprint density at radius 3 is 2.89 bits per heavy atom. The van der Waals surface area contributed by atoms with Crippen molar-refractivity contribution in [3.05, 3.63) is 23.2 Å². The lowest BCUT2D eigenvalue weighted by molar-refractivity contribution is -0.129. The lowest BCUT2D eigenvalue weighted by Crippen LogP contribution is -2.41. The third-order valence-corrected chi connectivity index (χ3v) is 7.33. The van der Waals surface area contributed by atoms with Crippen LogP contribution in [0.1, 0.15) is 13.3 Å². The molecule has 11 heteroatoms. The zero-order valence-corrected chi connectivity index (χ0v) is 17.9. The second-order valence-electron chi connectivity index (χ2n) is 6.34. The van der Waals surface area contributed by atoms with Crippen molar-refractivity contribution in [1.82, 2.24) is 20.1 Å². The Bertz CT molecular complexity index is 964. The van der Waals surface area contributed by atoms with Gasteiger partial charge in [-0.25, -0.2) is 13.4 Å². The van der Waals surface area contributed by atoms with Crippen LogP contribution in [0.2, 0.25) is 5.02 Å². The van der Waals surface area contributed by atoms with Crippen LogP contribution in [-0.2, 0) is 14.6 Å². The number of benzene rings is 1. The third-order valence-electron chi connectivity index (χ3n) is 4.52. The lowest BCUT2D eigenvalue weighted by Gasteiger charge is -2.26. The fraction of sp³-hybridized carbons (Fsp3) is 0.471. The Hall–Kier alpha value is -1.78. The van der Waals surface area contributed by atoms with Gasteiger partial charge in [0.25, 0.3) is 0 Å². The second-order valence-corrected chi connectivity index (χ2v) is 9.94. The predicted octanol–water partition coefficient (Wildman–Crippen LogP) is 2.26. The zero-order chi connectivity index (χ0) is 20.3. The molecule has 3 rings (SSSR count). The summed E-state index contributed by atoms with van der Waals surface area (Å²) >= 11 is 7.25. The van der Waals surface area contributed by atoms with E-state index < -0.39 is 9.84 Å². The number of thioether (sulfide) groups is 1. The van der Waals surface area contributed by atoms with Crippen molar-refractivity contribution < 1.29 is 17.9 Å². The summed E-state index contributed by atoms with van der Waals surface area (Å²) in [6.45, 7) is 2.32. The summed E-state index contributed by atoms with van der Waals surface area (Å²) in [5, 5.41) is 7.93. The molecule has 1 aliphatic rings. The molecule has 0 saturated carbocycles. The van der Waals surface area contributed by atoms with Crippen LogP contribution in [0.4, 0.5) is 0 Å². The highest BCUT2D eigenvalue weighted by Crippen LogP contribution is 2.31. The first-order chi connectivity index (χ1) is 13.3. The summed E-state index contributed by atoms with van der Waals surface area (Å²) in [5.41, 5.74) is 0.673. The molecule has 0 radical (unpaired) electrons. The number of carbonyl (C=O) groups excluding carboxylic acids is 1. The van der Waals surface area contributed by atoms with Crippen LogP contribution in [0.5, 0.6) is 5.75 Å². The van der Waals surface area contributed by atoms with E-state index in [9.17, 15) is 13.2 Å². The number of hydrogen-bond acceptors (Lipinski definition) is 7. The Morgan fingerprint density at radius 2 is 2.25 bits per heavy atom. The van der Waals surface area contributed by atoms with E-state index >= 15 is 0 Å². The maximum Gasteiger partial charge on any atom is 0.233 e. The summed E-state index contributed by atoms with van der Waals surface area (Å²) < 4.78 is 28.7. The first-order valence-electron chi connectivity index (χ1n) is 8.72. The average molecular weight is 445 g/mol. The largest absolute Gasteiger partial charge is 0.496 e. The van der Waals surface area contributed by atoms with E-state index in [0.29, 0.717) is 40.3 Å². The van der Waals surface area contributed by atoms with Gasteiger partial charge in [0.15, 0.2) is 15.7 Å². The Labute approximate surface area is 172 Å². The monoisotopic (exact) mass is 444 g/mol. The summed E-state index contributed by atoms with van der Waals surface area (Å²) in [6.07, 6.45) is 0.492. The fourth-order valence-electron chi connectivity index (χ4n) is 3.17. The maximum absolute atomic E-state index is 12.6. The number of aromatic amines is 1. The van der Waals surface area contributed by atoms with Gasteiger partial charge in [0.2, 0.25) is 11.1 Å². The molecule has 1 N–H and O–H groups in total. The molecule has 0 bridgehead atoms. The van der Waals surface area contributed by atoms with Crippen molar-refractivity contribution >= 4 is 39.1 Å². The van der Waals surface area contributed by atoms with Gasteiger partial charge in [0.1, 0.15) is 5.75 Å². The molecule has 1 aromatic carbocycles. The van der Waals surface area contributed by atoms with Gasteiger partial charge in [-0.3, -0.25) is 9.89 Å². The minimum Gasteiger partial charge on any atom is -0.496 e. The van der Waals surface area contributed by atoms with Crippen LogP contribution in [0.25, 0.3) is 11.4 Å². The van der Waals surface area contributed by atoms with Crippen molar-refractivity contribution in [1.29, 1.82) is 0 Å². The van der Waals surface area contributed by atoms with Crippen LogP contribution >= 0.6 is 23.4 Å². The number of halogens is 1. The standard InChI is InChI=1S/C17H21ClN4O4S2/c1-3-22(12-6-7-28(24,25)10-12)15(23)9-27-17-19-16(20-21-17)13-8-11(18)4-5-14(13)26-2/h4-5,8,12H,3,6-7,9-10H2,1-2H3,(H,19,20,21)/t12-/m1/s1. The van der Waals surface area contributed by atoms with E-state index in [2.05, 4.69) is 15.2 Å². The van der Waals surface area contributed by atoms with Gasteiger partial charge in [-0.15, -0.1) is 5.10 Å². The Kier molecular flexibility index (Phi) is 6.51. The van der Waals surface area contributed by atoms with Gasteiger partial charge in [-0.2, -0.15) is 0 Å². The number of H-pyrrole nitrogens is 1. The highest BCUT2D eigenvalue weighted by atomic mass is 35.5. The number of carbonyl (C=O) groups is 1. The molecule has 28 heavy (non-hydrogen) atoms. The molecule has 0 aliphatic carbocycles. The van der Waals surface area contributed by atoms with Crippen molar-refractivity contribution in [3.63, 3.8) is 0 Å². The predicted molar refractivity (Wildman–Crippen MR) is 109 cm³/mol. The van der Waals surface area contributed by atoms with Crippen LogP contribution in [-0.4, -0.2) is 71.4 Å². The molecule has 1 amide bonds. The van der Waals surface area contributed by atoms with Crippen molar-refractivity contribution in [2.75, 3.05) is 30.9 Å². The molecule has 2 heterocycles. The number of nitrogens with one attached hydrogen (secondary N) is 1. The number of hydrogen-bond donors (Lipinski definition) is 1. The number of methoxy groups -OCH3 is 1. The Morgan fingerprint density at radius 1 is 1.46 bits per heavy atom. The first kappa shape index (κ1) is 20.9. The SMILES string of the molecule is CCN(C(=O)CSc1n[nH]c(-c2cc(Cl)ccc2OC)n1)[C@@H]1CCS(=O)(=O)C1. The van der Waals surface area contributed by atoms with Crippen molar-refractivity contribution in [2.24, 2.45) is 0 Å². The number of sulfone groups is 1. The van der Waals surface area contributed by atoms with E-state index in [-0.39, 0.29) is 29.2 Å². The summed E-state index contributed by atoms with van der Waals surface area (Å²) in [7, 11) is -1.49. The Balaban J connectivity index is 1.66. The minimum atomic E-state index is -3.04. The van der Waals surface area contributed by atoms with Crippen LogP contribution in [0.15, 0.2) is 23.4 Å². The molecule has 0 unspecified atom stereocenters. The normalized spacial score (nSPS) is 18.2. The van der Waals surface area contributed by atoms with Crippen LogP contribution in [0, 0.1) is 0 Å². The molecule has 1 aromatic heterocycles. The van der Waals surface area contributed by atoms with Gasteiger partial charge in [0.05, 0.1) is 29.9 Å². The molecule has 1 fully saturated rings. The molecule has 8 nitrogen and oxygen atoms in total. The summed E-state index contributed by atoms with van der Waals surface area (Å²) in [6, 6.07) is 4.93. The van der Waals surface area contributed by atoms with Gasteiger partial charge in [-0.05, 0) is 31.5 Å². The molecule has 2 aromatic rings. The molecule has 1 saturated heterocycles. The van der Waals surface area contributed by atoms with Gasteiger partial charge in [0, 0.05) is 17.6 Å².